The molecule has 0 atom stereocenters. The van der Waals surface area contributed by atoms with Crippen LogP contribution in [0.1, 0.15) is 29.9 Å². The first-order chi connectivity index (χ1) is 9.97. The number of hydrogen-bond donors (Lipinski definition) is 1. The van der Waals surface area contributed by atoms with Crippen LogP contribution in [0, 0.1) is 6.92 Å². The molecule has 0 saturated heterocycles. The molecule has 21 heavy (non-hydrogen) atoms. The van der Waals surface area contributed by atoms with Crippen LogP contribution >= 0.6 is 0 Å². The molecule has 1 aromatic heterocycles. The Labute approximate surface area is 125 Å². The molecule has 0 bridgehead atoms. The van der Waals surface area contributed by atoms with Gasteiger partial charge in [0.15, 0.2) is 0 Å². The minimum absolute atomic E-state index is 0.119. The molecule has 4 heteroatoms. The van der Waals surface area contributed by atoms with E-state index in [1.165, 1.54) is 5.56 Å². The largest absolute Gasteiger partial charge is 0.368 e. The quantitative estimate of drug-likeness (QED) is 0.934. The lowest BCUT2D eigenvalue weighted by molar-refractivity contribution is 0.0988. The number of pyridine rings is 1. The van der Waals surface area contributed by atoms with Crippen molar-refractivity contribution >= 4 is 17.4 Å². The highest BCUT2D eigenvalue weighted by molar-refractivity contribution is 6.04. The minimum Gasteiger partial charge on any atom is -0.368 e. The maximum atomic E-state index is 12.5. The van der Waals surface area contributed by atoms with Gasteiger partial charge < -0.3 is 10.2 Å². The summed E-state index contributed by atoms with van der Waals surface area (Å²) in [6.45, 7) is 6.09. The lowest BCUT2D eigenvalue weighted by atomic mass is 10.2. The topological polar surface area (TPSA) is 45.2 Å². The van der Waals surface area contributed by atoms with Crippen molar-refractivity contribution in [1.29, 1.82) is 0 Å². The number of aromatic nitrogens is 1. The maximum Gasteiger partial charge on any atom is 0.276 e. The third-order valence-corrected chi connectivity index (χ3v) is 3.13. The molecule has 1 aromatic carbocycles. The summed E-state index contributed by atoms with van der Waals surface area (Å²) in [6, 6.07) is 13.6. The van der Waals surface area contributed by atoms with E-state index < -0.39 is 0 Å². The number of nitrogens with one attached hydrogen (secondary N) is 1. The fourth-order valence-corrected chi connectivity index (χ4v) is 1.99. The van der Waals surface area contributed by atoms with Gasteiger partial charge in [-0.2, -0.15) is 0 Å². The van der Waals surface area contributed by atoms with Crippen molar-refractivity contribution in [1.82, 2.24) is 4.98 Å². The first kappa shape index (κ1) is 15.0. The average molecular weight is 283 g/mol. The summed E-state index contributed by atoms with van der Waals surface area (Å²) in [5.74, 6) is 0.597. The number of hydrogen-bond acceptors (Lipinski definition) is 3. The summed E-state index contributed by atoms with van der Waals surface area (Å²) in [5, 5.41) is 3.20. The van der Waals surface area contributed by atoms with Crippen molar-refractivity contribution in [2.45, 2.75) is 26.8 Å². The number of amides is 1. The van der Waals surface area contributed by atoms with E-state index in [2.05, 4.69) is 10.3 Å². The van der Waals surface area contributed by atoms with Gasteiger partial charge in [-0.15, -0.1) is 0 Å². The molecule has 2 aromatic rings. The standard InChI is InChI=1S/C17H21N3O/c1-12(2)18-16-7-5-6-15(19-16)17(21)20(4)14-10-8-13(3)9-11-14/h5-12H,1-4H3,(H,18,19). The summed E-state index contributed by atoms with van der Waals surface area (Å²) in [6.07, 6.45) is 0. The van der Waals surface area contributed by atoms with Crippen molar-refractivity contribution in [3.05, 3.63) is 53.7 Å². The van der Waals surface area contributed by atoms with E-state index in [1.54, 1.807) is 18.0 Å². The molecule has 0 saturated carbocycles. The Balaban J connectivity index is 2.21. The molecule has 1 N–H and O–H groups in total. The Kier molecular flexibility index (Phi) is 4.58. The molecular weight excluding hydrogens is 262 g/mol. The number of nitrogens with zero attached hydrogens (tertiary/aromatic N) is 2. The first-order valence-electron chi connectivity index (χ1n) is 7.05. The van der Waals surface area contributed by atoms with Crippen LogP contribution in [-0.4, -0.2) is 24.0 Å². The lowest BCUT2D eigenvalue weighted by Gasteiger charge is -2.18. The van der Waals surface area contributed by atoms with Crippen LogP contribution in [-0.2, 0) is 0 Å². The highest BCUT2D eigenvalue weighted by Gasteiger charge is 2.15. The number of carbonyl (C=O) groups excluding carboxylic acids is 1. The second-order valence-electron chi connectivity index (χ2n) is 5.41. The van der Waals surface area contributed by atoms with Crippen LogP contribution in [0.2, 0.25) is 0 Å². The molecule has 0 spiro atoms. The fraction of sp³-hybridized carbons (Fsp3) is 0.294. The zero-order chi connectivity index (χ0) is 15.4. The lowest BCUT2D eigenvalue weighted by Crippen LogP contribution is -2.27. The van der Waals surface area contributed by atoms with Gasteiger partial charge in [-0.05, 0) is 45.0 Å². The third kappa shape index (κ3) is 3.81. The van der Waals surface area contributed by atoms with Crippen LogP contribution in [0.25, 0.3) is 0 Å². The van der Waals surface area contributed by atoms with E-state index in [4.69, 9.17) is 0 Å². The zero-order valence-corrected chi connectivity index (χ0v) is 12.9. The van der Waals surface area contributed by atoms with E-state index in [9.17, 15) is 4.79 Å². The molecule has 110 valence electrons. The van der Waals surface area contributed by atoms with Crippen molar-refractivity contribution in [2.24, 2.45) is 0 Å². The van der Waals surface area contributed by atoms with E-state index in [-0.39, 0.29) is 11.9 Å². The van der Waals surface area contributed by atoms with Crippen LogP contribution in [0.4, 0.5) is 11.5 Å². The molecule has 0 aliphatic heterocycles. The maximum absolute atomic E-state index is 12.5. The molecule has 2 rings (SSSR count). The number of rotatable bonds is 4. The Morgan fingerprint density at radius 1 is 1.14 bits per heavy atom. The number of aryl methyl sites for hydroxylation is 1. The summed E-state index contributed by atoms with van der Waals surface area (Å²) >= 11 is 0. The minimum atomic E-state index is -0.119. The van der Waals surface area contributed by atoms with E-state index in [0.717, 1.165) is 5.69 Å². The smallest absolute Gasteiger partial charge is 0.276 e. The van der Waals surface area contributed by atoms with Gasteiger partial charge in [-0.25, -0.2) is 4.98 Å². The van der Waals surface area contributed by atoms with Crippen molar-refractivity contribution in [2.75, 3.05) is 17.3 Å². The third-order valence-electron chi connectivity index (χ3n) is 3.13. The summed E-state index contributed by atoms with van der Waals surface area (Å²) in [7, 11) is 1.76. The first-order valence-corrected chi connectivity index (χ1v) is 7.05. The Morgan fingerprint density at radius 3 is 2.43 bits per heavy atom. The molecule has 1 amide bonds. The van der Waals surface area contributed by atoms with Crippen molar-refractivity contribution in [3.8, 4) is 0 Å². The Morgan fingerprint density at radius 2 is 1.81 bits per heavy atom. The van der Waals surface area contributed by atoms with Crippen molar-refractivity contribution < 1.29 is 4.79 Å². The number of benzene rings is 1. The normalized spacial score (nSPS) is 10.5. The van der Waals surface area contributed by atoms with Gasteiger partial charge in [0, 0.05) is 18.8 Å². The molecule has 1 heterocycles. The predicted molar refractivity (Wildman–Crippen MR) is 86.9 cm³/mol. The highest BCUT2D eigenvalue weighted by atomic mass is 16.2. The SMILES string of the molecule is Cc1ccc(N(C)C(=O)c2cccc(NC(C)C)n2)cc1. The summed E-state index contributed by atoms with van der Waals surface area (Å²) in [4.78, 5) is 18.5. The van der Waals surface area contributed by atoms with Crippen molar-refractivity contribution in [3.63, 3.8) is 0 Å². The van der Waals surface area contributed by atoms with Crippen LogP contribution in [0.3, 0.4) is 0 Å². The molecular formula is C17H21N3O. The van der Waals surface area contributed by atoms with Gasteiger partial charge in [0.05, 0.1) is 0 Å². The van der Waals surface area contributed by atoms with Crippen LogP contribution in [0.5, 0.6) is 0 Å². The molecule has 0 radical (unpaired) electrons. The van der Waals surface area contributed by atoms with Gasteiger partial charge in [0.2, 0.25) is 0 Å². The number of anilines is 2. The molecule has 0 aliphatic rings. The van der Waals surface area contributed by atoms with Crippen LogP contribution in [0.15, 0.2) is 42.5 Å². The van der Waals surface area contributed by atoms with E-state index in [0.29, 0.717) is 11.5 Å². The van der Waals surface area contributed by atoms with Gasteiger partial charge >= 0.3 is 0 Å². The molecule has 0 aliphatic carbocycles. The number of carbonyl (C=O) groups is 1. The predicted octanol–water partition coefficient (Wildman–Crippen LogP) is 3.49. The van der Waals surface area contributed by atoms with Crippen LogP contribution < -0.4 is 10.2 Å². The van der Waals surface area contributed by atoms with Gasteiger partial charge in [0.25, 0.3) is 5.91 Å². The van der Waals surface area contributed by atoms with E-state index >= 15 is 0 Å². The van der Waals surface area contributed by atoms with E-state index in [1.807, 2.05) is 57.2 Å². The molecule has 0 unspecified atom stereocenters. The summed E-state index contributed by atoms with van der Waals surface area (Å²) < 4.78 is 0. The second-order valence-corrected chi connectivity index (χ2v) is 5.41. The average Bonchev–Trinajstić information content (AvgIpc) is 2.46. The molecule has 4 nitrogen and oxygen atoms in total. The fourth-order valence-electron chi connectivity index (χ4n) is 1.99. The molecule has 0 fully saturated rings. The Bertz CT molecular complexity index is 620. The Hall–Kier alpha value is -2.36. The highest BCUT2D eigenvalue weighted by Crippen LogP contribution is 2.16. The zero-order valence-electron chi connectivity index (χ0n) is 12.9. The summed E-state index contributed by atoms with van der Waals surface area (Å²) in [5.41, 5.74) is 2.46. The second kappa shape index (κ2) is 6.39. The van der Waals surface area contributed by atoms with Gasteiger partial charge in [0.1, 0.15) is 11.5 Å². The van der Waals surface area contributed by atoms with Gasteiger partial charge in [-0.3, -0.25) is 4.79 Å². The van der Waals surface area contributed by atoms with Gasteiger partial charge in [-0.1, -0.05) is 23.8 Å². The monoisotopic (exact) mass is 283 g/mol.